The number of aldehydes is 1. The molecule has 0 bridgehead atoms. The van der Waals surface area contributed by atoms with E-state index in [1.54, 1.807) is 11.8 Å². The molecule has 0 aliphatic carbocycles. The van der Waals surface area contributed by atoms with Crippen LogP contribution in [0, 0.1) is 12.7 Å². The number of piperidine rings is 1. The molecule has 0 saturated carbocycles. The van der Waals surface area contributed by atoms with Crippen molar-refractivity contribution < 1.29 is 9.18 Å². The number of carbonyl (C=O) groups is 1. The Morgan fingerprint density at radius 2 is 2.31 bits per heavy atom. The van der Waals surface area contributed by atoms with E-state index >= 15 is 0 Å². The predicted molar refractivity (Wildman–Crippen MR) is 57.8 cm³/mol. The van der Waals surface area contributed by atoms with Crippen LogP contribution in [0.25, 0.3) is 0 Å². The Bertz CT molecular complexity index is 397. The second kappa shape index (κ2) is 4.55. The summed E-state index contributed by atoms with van der Waals surface area (Å²) in [6.07, 6.45) is 4.95. The first-order valence-electron chi connectivity index (χ1n) is 5.43. The van der Waals surface area contributed by atoms with E-state index in [2.05, 4.69) is 9.97 Å². The number of nitrogens with zero attached hydrogens (tertiary/aromatic N) is 3. The van der Waals surface area contributed by atoms with Crippen LogP contribution in [0.3, 0.4) is 0 Å². The number of aromatic nitrogens is 2. The number of aryl methyl sites for hydroxylation is 1. The molecule has 0 N–H and O–H groups in total. The van der Waals surface area contributed by atoms with Gasteiger partial charge in [0.1, 0.15) is 12.6 Å². The topological polar surface area (TPSA) is 46.1 Å². The standard InChI is InChI=1S/C11H14FN3O/c1-8-10(12)11(14-7-13-8)15-5-3-2-4-9(15)6-16/h6-7,9H,2-5H2,1H3. The SMILES string of the molecule is Cc1ncnc(N2CCCCC2C=O)c1F. The van der Waals surface area contributed by atoms with E-state index in [1.807, 2.05) is 0 Å². The Morgan fingerprint density at radius 1 is 1.50 bits per heavy atom. The van der Waals surface area contributed by atoms with Crippen LogP contribution in [0.1, 0.15) is 25.0 Å². The number of hydrogen-bond donors (Lipinski definition) is 0. The molecule has 0 amide bonds. The molecule has 1 atom stereocenters. The lowest BCUT2D eigenvalue weighted by Crippen LogP contribution is -2.41. The van der Waals surface area contributed by atoms with Gasteiger partial charge in [0, 0.05) is 6.54 Å². The molecule has 1 unspecified atom stereocenters. The summed E-state index contributed by atoms with van der Waals surface area (Å²) in [5.74, 6) is -0.166. The van der Waals surface area contributed by atoms with Crippen LogP contribution in [-0.4, -0.2) is 28.8 Å². The van der Waals surface area contributed by atoms with Crippen LogP contribution in [0.5, 0.6) is 0 Å². The molecule has 2 heterocycles. The van der Waals surface area contributed by atoms with Crippen molar-refractivity contribution in [3.8, 4) is 0 Å². The van der Waals surface area contributed by atoms with Gasteiger partial charge in [-0.2, -0.15) is 0 Å². The van der Waals surface area contributed by atoms with Gasteiger partial charge in [0.05, 0.1) is 11.7 Å². The minimum absolute atomic E-state index is 0.252. The third-order valence-electron chi connectivity index (χ3n) is 2.92. The summed E-state index contributed by atoms with van der Waals surface area (Å²) in [6, 6.07) is -0.252. The Morgan fingerprint density at radius 3 is 3.06 bits per heavy atom. The molecule has 1 fully saturated rings. The second-order valence-electron chi connectivity index (χ2n) is 3.99. The molecule has 1 aromatic heterocycles. The maximum absolute atomic E-state index is 13.8. The lowest BCUT2D eigenvalue weighted by molar-refractivity contribution is -0.109. The van der Waals surface area contributed by atoms with Crippen LogP contribution in [0.4, 0.5) is 10.2 Å². The number of rotatable bonds is 2. The van der Waals surface area contributed by atoms with Crippen LogP contribution < -0.4 is 4.90 Å². The number of anilines is 1. The van der Waals surface area contributed by atoms with Crippen LogP contribution >= 0.6 is 0 Å². The van der Waals surface area contributed by atoms with E-state index in [-0.39, 0.29) is 11.9 Å². The summed E-state index contributed by atoms with van der Waals surface area (Å²) in [7, 11) is 0. The summed E-state index contributed by atoms with van der Waals surface area (Å²) in [4.78, 5) is 20.4. The average Bonchev–Trinajstić information content (AvgIpc) is 2.33. The fourth-order valence-electron chi connectivity index (χ4n) is 2.01. The zero-order valence-electron chi connectivity index (χ0n) is 9.19. The molecule has 5 heteroatoms. The smallest absolute Gasteiger partial charge is 0.186 e. The minimum atomic E-state index is -0.420. The van der Waals surface area contributed by atoms with Gasteiger partial charge >= 0.3 is 0 Å². The molecular weight excluding hydrogens is 209 g/mol. The van der Waals surface area contributed by atoms with Crippen molar-refractivity contribution in [2.45, 2.75) is 32.2 Å². The number of hydrogen-bond acceptors (Lipinski definition) is 4. The fourth-order valence-corrected chi connectivity index (χ4v) is 2.01. The molecule has 0 spiro atoms. The highest BCUT2D eigenvalue weighted by atomic mass is 19.1. The summed E-state index contributed by atoms with van der Waals surface area (Å²) in [6.45, 7) is 2.27. The van der Waals surface area contributed by atoms with Gasteiger partial charge in [-0.15, -0.1) is 0 Å². The zero-order valence-corrected chi connectivity index (χ0v) is 9.19. The molecule has 2 rings (SSSR count). The van der Waals surface area contributed by atoms with E-state index in [4.69, 9.17) is 0 Å². The van der Waals surface area contributed by atoms with Gasteiger partial charge in [-0.05, 0) is 26.2 Å². The van der Waals surface area contributed by atoms with E-state index in [1.165, 1.54) is 6.33 Å². The van der Waals surface area contributed by atoms with Crippen LogP contribution in [-0.2, 0) is 4.79 Å². The van der Waals surface area contributed by atoms with Crippen molar-refractivity contribution in [1.29, 1.82) is 0 Å². The summed E-state index contributed by atoms with van der Waals surface area (Å²) >= 11 is 0. The molecule has 0 aromatic carbocycles. The van der Waals surface area contributed by atoms with Crippen LogP contribution in [0.2, 0.25) is 0 Å². The Balaban J connectivity index is 2.34. The van der Waals surface area contributed by atoms with Crippen molar-refractivity contribution >= 4 is 12.1 Å². The highest BCUT2D eigenvalue weighted by molar-refractivity contribution is 5.65. The summed E-state index contributed by atoms with van der Waals surface area (Å²) in [5.41, 5.74) is 0.320. The monoisotopic (exact) mass is 223 g/mol. The van der Waals surface area contributed by atoms with Gasteiger partial charge in [0.15, 0.2) is 11.6 Å². The summed E-state index contributed by atoms with van der Waals surface area (Å²) < 4.78 is 13.8. The molecule has 1 aromatic rings. The third-order valence-corrected chi connectivity index (χ3v) is 2.92. The van der Waals surface area contributed by atoms with Gasteiger partial charge in [-0.1, -0.05) is 0 Å². The predicted octanol–water partition coefficient (Wildman–Crippen LogP) is 1.48. The van der Waals surface area contributed by atoms with Crippen molar-refractivity contribution in [3.05, 3.63) is 17.8 Å². The Labute approximate surface area is 93.5 Å². The minimum Gasteiger partial charge on any atom is -0.344 e. The van der Waals surface area contributed by atoms with Crippen molar-refractivity contribution in [2.75, 3.05) is 11.4 Å². The normalized spacial score (nSPS) is 20.9. The molecule has 0 radical (unpaired) electrons. The molecular formula is C11H14FN3O. The lowest BCUT2D eigenvalue weighted by atomic mass is 10.0. The second-order valence-corrected chi connectivity index (χ2v) is 3.99. The van der Waals surface area contributed by atoms with Gasteiger partial charge in [0.25, 0.3) is 0 Å². The molecule has 1 aliphatic rings. The summed E-state index contributed by atoms with van der Waals surface area (Å²) in [5, 5.41) is 0. The van der Waals surface area contributed by atoms with Crippen molar-refractivity contribution in [2.24, 2.45) is 0 Å². The van der Waals surface area contributed by atoms with E-state index in [9.17, 15) is 9.18 Å². The van der Waals surface area contributed by atoms with Crippen LogP contribution in [0.15, 0.2) is 6.33 Å². The van der Waals surface area contributed by atoms with E-state index in [0.29, 0.717) is 12.2 Å². The molecule has 1 aliphatic heterocycles. The first-order chi connectivity index (χ1) is 7.74. The molecule has 1 saturated heterocycles. The van der Waals surface area contributed by atoms with Gasteiger partial charge in [0.2, 0.25) is 0 Å². The van der Waals surface area contributed by atoms with E-state index < -0.39 is 5.82 Å². The highest BCUT2D eigenvalue weighted by Gasteiger charge is 2.25. The van der Waals surface area contributed by atoms with Gasteiger partial charge in [-0.3, -0.25) is 0 Å². The molecule has 86 valence electrons. The zero-order chi connectivity index (χ0) is 11.5. The molecule has 4 nitrogen and oxygen atoms in total. The fraction of sp³-hybridized carbons (Fsp3) is 0.545. The quantitative estimate of drug-likeness (QED) is 0.712. The van der Waals surface area contributed by atoms with Crippen molar-refractivity contribution in [1.82, 2.24) is 9.97 Å². The maximum Gasteiger partial charge on any atom is 0.186 e. The Kier molecular flexibility index (Phi) is 3.12. The average molecular weight is 223 g/mol. The van der Waals surface area contributed by atoms with Gasteiger partial charge in [-0.25, -0.2) is 14.4 Å². The molecule has 16 heavy (non-hydrogen) atoms. The maximum atomic E-state index is 13.8. The first-order valence-corrected chi connectivity index (χ1v) is 5.43. The largest absolute Gasteiger partial charge is 0.344 e. The lowest BCUT2D eigenvalue weighted by Gasteiger charge is -2.33. The Hall–Kier alpha value is -1.52. The number of halogens is 1. The number of carbonyl (C=O) groups excluding carboxylic acids is 1. The third kappa shape index (κ3) is 1.89. The highest BCUT2D eigenvalue weighted by Crippen LogP contribution is 2.24. The van der Waals surface area contributed by atoms with Crippen molar-refractivity contribution in [3.63, 3.8) is 0 Å². The van der Waals surface area contributed by atoms with Gasteiger partial charge < -0.3 is 9.69 Å². The van der Waals surface area contributed by atoms with E-state index in [0.717, 1.165) is 25.5 Å². The first kappa shape index (κ1) is 11.0.